The maximum Gasteiger partial charge on any atom is 0.167 e. The molecule has 0 spiro atoms. The van der Waals surface area contributed by atoms with Crippen molar-refractivity contribution in [2.24, 2.45) is 0 Å². The van der Waals surface area contributed by atoms with Crippen molar-refractivity contribution in [1.29, 1.82) is 0 Å². The molecule has 0 heterocycles. The fraction of sp³-hybridized carbons (Fsp3) is 0.0500. The van der Waals surface area contributed by atoms with Gasteiger partial charge in [0.15, 0.2) is 5.78 Å². The molecule has 114 valence electrons. The van der Waals surface area contributed by atoms with Gasteiger partial charge in [0.05, 0.1) is 0 Å². The highest BCUT2D eigenvalue weighted by Gasteiger charge is 2.18. The molecule has 0 fully saturated rings. The summed E-state index contributed by atoms with van der Waals surface area (Å²) in [6.45, 7) is 0. The Hall–Kier alpha value is -1.95. The molecular formula is C20H16ClOP. The lowest BCUT2D eigenvalue weighted by Crippen LogP contribution is -2.18. The van der Waals surface area contributed by atoms with E-state index in [4.69, 9.17) is 11.6 Å². The number of hydrogen-bond donors (Lipinski definition) is 0. The highest BCUT2D eigenvalue weighted by Crippen LogP contribution is 2.34. The standard InChI is InChI=1S/C20H16ClOP/c21-17-13-11-16(12-14-17)20(22)15-23(18-7-3-1-4-8-18)19-9-5-2-6-10-19/h1-14H,15H2. The van der Waals surface area contributed by atoms with E-state index in [1.807, 2.05) is 36.4 Å². The van der Waals surface area contributed by atoms with Gasteiger partial charge in [0.25, 0.3) is 0 Å². The van der Waals surface area contributed by atoms with Crippen LogP contribution in [0.5, 0.6) is 0 Å². The summed E-state index contributed by atoms with van der Waals surface area (Å²) in [7, 11) is -0.704. The highest BCUT2D eigenvalue weighted by atomic mass is 35.5. The summed E-state index contributed by atoms with van der Waals surface area (Å²) in [5.41, 5.74) is 0.716. The number of benzene rings is 3. The third-order valence-corrected chi connectivity index (χ3v) is 6.30. The van der Waals surface area contributed by atoms with Crippen LogP contribution in [0.2, 0.25) is 5.02 Å². The van der Waals surface area contributed by atoms with Crippen molar-refractivity contribution in [2.45, 2.75) is 0 Å². The van der Waals surface area contributed by atoms with Crippen LogP contribution in [0.25, 0.3) is 0 Å². The zero-order valence-corrected chi connectivity index (χ0v) is 14.2. The van der Waals surface area contributed by atoms with Crippen molar-refractivity contribution in [3.63, 3.8) is 0 Å². The Morgan fingerprint density at radius 2 is 1.22 bits per heavy atom. The summed E-state index contributed by atoms with van der Waals surface area (Å²) >= 11 is 5.91. The smallest absolute Gasteiger partial charge is 0.167 e. The lowest BCUT2D eigenvalue weighted by Gasteiger charge is -2.18. The first kappa shape index (κ1) is 15.9. The Labute approximate surface area is 142 Å². The van der Waals surface area contributed by atoms with E-state index in [2.05, 4.69) is 24.3 Å². The SMILES string of the molecule is O=C(CP(c1ccccc1)c1ccccc1)c1ccc(Cl)cc1. The number of ketones is 1. The van der Waals surface area contributed by atoms with Crippen molar-refractivity contribution >= 4 is 35.9 Å². The molecule has 0 saturated carbocycles. The van der Waals surface area contributed by atoms with E-state index in [1.54, 1.807) is 24.3 Å². The topological polar surface area (TPSA) is 17.1 Å². The van der Waals surface area contributed by atoms with Gasteiger partial charge in [-0.3, -0.25) is 4.79 Å². The van der Waals surface area contributed by atoms with Crippen LogP contribution in [-0.4, -0.2) is 11.9 Å². The van der Waals surface area contributed by atoms with E-state index in [0.717, 1.165) is 0 Å². The second kappa shape index (κ2) is 7.55. The molecule has 3 heteroatoms. The van der Waals surface area contributed by atoms with Crippen LogP contribution < -0.4 is 10.6 Å². The molecule has 0 saturated heterocycles. The zero-order chi connectivity index (χ0) is 16.1. The van der Waals surface area contributed by atoms with Gasteiger partial charge in [0.1, 0.15) is 0 Å². The van der Waals surface area contributed by atoms with Crippen molar-refractivity contribution in [2.75, 3.05) is 6.16 Å². The average molecular weight is 339 g/mol. The summed E-state index contributed by atoms with van der Waals surface area (Å²) in [5.74, 6) is 0.153. The van der Waals surface area contributed by atoms with Gasteiger partial charge >= 0.3 is 0 Å². The largest absolute Gasteiger partial charge is 0.294 e. The number of hydrogen-bond acceptors (Lipinski definition) is 1. The fourth-order valence-electron chi connectivity index (χ4n) is 2.42. The highest BCUT2D eigenvalue weighted by molar-refractivity contribution is 7.73. The summed E-state index contributed by atoms with van der Waals surface area (Å²) < 4.78 is 0. The summed E-state index contributed by atoms with van der Waals surface area (Å²) in [4.78, 5) is 12.7. The van der Waals surface area contributed by atoms with E-state index >= 15 is 0 Å². The molecule has 0 N–H and O–H groups in total. The van der Waals surface area contributed by atoms with Gasteiger partial charge in [0.2, 0.25) is 0 Å². The first-order valence-corrected chi connectivity index (χ1v) is 9.31. The van der Waals surface area contributed by atoms with Gasteiger partial charge in [0, 0.05) is 16.7 Å². The van der Waals surface area contributed by atoms with Gasteiger partial charge in [-0.1, -0.05) is 72.3 Å². The van der Waals surface area contributed by atoms with Crippen molar-refractivity contribution in [1.82, 2.24) is 0 Å². The van der Waals surface area contributed by atoms with Gasteiger partial charge < -0.3 is 0 Å². The maximum absolute atomic E-state index is 12.7. The van der Waals surface area contributed by atoms with Crippen LogP contribution in [0.15, 0.2) is 84.9 Å². The molecule has 3 rings (SSSR count). The molecule has 0 radical (unpaired) electrons. The minimum absolute atomic E-state index is 0.153. The molecule has 3 aromatic carbocycles. The Kier molecular flexibility index (Phi) is 5.23. The van der Waals surface area contributed by atoms with E-state index < -0.39 is 7.92 Å². The van der Waals surface area contributed by atoms with Crippen LogP contribution >= 0.6 is 19.5 Å². The van der Waals surface area contributed by atoms with Crippen molar-refractivity contribution < 1.29 is 4.79 Å². The molecular weight excluding hydrogens is 323 g/mol. The van der Waals surface area contributed by atoms with Crippen molar-refractivity contribution in [3.8, 4) is 0 Å². The number of rotatable bonds is 5. The van der Waals surface area contributed by atoms with E-state index in [1.165, 1.54) is 10.6 Å². The number of carbonyl (C=O) groups excluding carboxylic acids is 1. The molecule has 0 aliphatic rings. The van der Waals surface area contributed by atoms with Gasteiger partial charge in [-0.05, 0) is 42.8 Å². The second-order valence-corrected chi connectivity index (χ2v) is 7.83. The van der Waals surface area contributed by atoms with Gasteiger partial charge in [-0.15, -0.1) is 0 Å². The molecule has 0 aliphatic carbocycles. The monoisotopic (exact) mass is 338 g/mol. The maximum atomic E-state index is 12.7. The Balaban J connectivity index is 1.90. The van der Waals surface area contributed by atoms with Gasteiger partial charge in [-0.25, -0.2) is 0 Å². The normalized spacial score (nSPS) is 10.7. The van der Waals surface area contributed by atoms with Crippen LogP contribution in [0.3, 0.4) is 0 Å². The Morgan fingerprint density at radius 1 is 0.739 bits per heavy atom. The number of carbonyl (C=O) groups is 1. The summed E-state index contributed by atoms with van der Waals surface area (Å²) in [6, 6.07) is 27.7. The molecule has 0 bridgehead atoms. The summed E-state index contributed by atoms with van der Waals surface area (Å²) in [6.07, 6.45) is 0.505. The van der Waals surface area contributed by atoms with Crippen molar-refractivity contribution in [3.05, 3.63) is 95.5 Å². The number of Topliss-reactive ketones (excluding diaryl/α,β-unsaturated/α-hetero) is 1. The second-order valence-electron chi connectivity index (χ2n) is 5.19. The molecule has 3 aromatic rings. The lowest BCUT2D eigenvalue weighted by atomic mass is 10.1. The quantitative estimate of drug-likeness (QED) is 0.488. The minimum Gasteiger partial charge on any atom is -0.294 e. The predicted molar refractivity (Wildman–Crippen MR) is 99.7 cm³/mol. The molecule has 23 heavy (non-hydrogen) atoms. The predicted octanol–water partition coefficient (Wildman–Crippen LogP) is 4.66. The third-order valence-electron chi connectivity index (χ3n) is 3.60. The Morgan fingerprint density at radius 3 is 1.70 bits per heavy atom. The molecule has 0 atom stereocenters. The van der Waals surface area contributed by atoms with Crippen LogP contribution in [0.4, 0.5) is 0 Å². The van der Waals surface area contributed by atoms with E-state index in [0.29, 0.717) is 16.7 Å². The van der Waals surface area contributed by atoms with E-state index in [-0.39, 0.29) is 5.78 Å². The molecule has 0 aromatic heterocycles. The Bertz CT molecular complexity index is 730. The molecule has 0 unspecified atom stereocenters. The minimum atomic E-state index is -0.704. The van der Waals surface area contributed by atoms with Crippen LogP contribution in [-0.2, 0) is 0 Å². The average Bonchev–Trinajstić information content (AvgIpc) is 2.61. The third kappa shape index (κ3) is 4.07. The molecule has 0 amide bonds. The summed E-state index contributed by atoms with van der Waals surface area (Å²) in [5, 5.41) is 3.09. The zero-order valence-electron chi connectivity index (χ0n) is 12.5. The first-order chi connectivity index (χ1) is 11.2. The van der Waals surface area contributed by atoms with Crippen LogP contribution in [0, 0.1) is 0 Å². The van der Waals surface area contributed by atoms with Crippen LogP contribution in [0.1, 0.15) is 10.4 Å². The van der Waals surface area contributed by atoms with Gasteiger partial charge in [-0.2, -0.15) is 0 Å². The molecule has 0 aliphatic heterocycles. The molecule has 1 nitrogen and oxygen atoms in total. The fourth-order valence-corrected chi connectivity index (χ4v) is 4.74. The number of halogens is 1. The first-order valence-electron chi connectivity index (χ1n) is 7.40. The van der Waals surface area contributed by atoms with E-state index in [9.17, 15) is 4.79 Å². The lowest BCUT2D eigenvalue weighted by molar-refractivity contribution is 0.102.